The van der Waals surface area contributed by atoms with Gasteiger partial charge in [0.05, 0.1) is 11.2 Å². The van der Waals surface area contributed by atoms with Gasteiger partial charge in [0, 0.05) is 11.1 Å². The first-order valence-electron chi connectivity index (χ1n) is 5.78. The summed E-state index contributed by atoms with van der Waals surface area (Å²) >= 11 is 0. The number of cyclic esters (lactones) is 1. The third kappa shape index (κ3) is 1.64. The third-order valence-electron chi connectivity index (χ3n) is 3.20. The predicted octanol–water partition coefficient (Wildman–Crippen LogP) is 2.96. The molecular formula is C13H12N2O4. The normalized spacial score (nSPS) is 16.2. The van der Waals surface area contributed by atoms with Gasteiger partial charge in [0.25, 0.3) is 0 Å². The van der Waals surface area contributed by atoms with Crippen molar-refractivity contribution in [3.8, 4) is 0 Å². The number of amides is 1. The number of carbonyl (C=O) groups excluding carboxylic acids is 1. The van der Waals surface area contributed by atoms with Gasteiger partial charge in [-0.15, -0.1) is 0 Å². The first kappa shape index (κ1) is 11.6. The number of rotatable bonds is 1. The van der Waals surface area contributed by atoms with Crippen LogP contribution in [0.3, 0.4) is 0 Å². The molecule has 1 amide bonds. The molecule has 3 rings (SSSR count). The predicted molar refractivity (Wildman–Crippen MR) is 68.5 cm³/mol. The molecule has 0 fully saturated rings. The zero-order valence-electron chi connectivity index (χ0n) is 10.4. The molecule has 0 unspecified atom stereocenters. The van der Waals surface area contributed by atoms with Crippen LogP contribution in [0.15, 0.2) is 24.3 Å². The van der Waals surface area contributed by atoms with E-state index in [0.717, 1.165) is 11.1 Å². The van der Waals surface area contributed by atoms with Crippen LogP contribution in [0.5, 0.6) is 0 Å². The van der Waals surface area contributed by atoms with E-state index >= 15 is 0 Å². The summed E-state index contributed by atoms with van der Waals surface area (Å²) in [5.74, 6) is 0. The third-order valence-corrected chi connectivity index (χ3v) is 3.20. The summed E-state index contributed by atoms with van der Waals surface area (Å²) in [6, 6.07) is 6.93. The Balaban J connectivity index is 2.22. The summed E-state index contributed by atoms with van der Waals surface area (Å²) in [5.41, 5.74) is 1.14. The summed E-state index contributed by atoms with van der Waals surface area (Å²) in [7, 11) is 0. The van der Waals surface area contributed by atoms with Crippen molar-refractivity contribution in [3.05, 3.63) is 30.0 Å². The SMILES string of the molecule is CC1(C)OC(=O)n2c1cc1ccc(NC(=O)O)cc12. The molecule has 1 aromatic carbocycles. The number of ether oxygens (including phenoxy) is 1. The Morgan fingerprint density at radius 1 is 1.37 bits per heavy atom. The molecule has 2 aromatic rings. The van der Waals surface area contributed by atoms with E-state index in [9.17, 15) is 9.59 Å². The average Bonchev–Trinajstić information content (AvgIpc) is 2.75. The van der Waals surface area contributed by atoms with Crippen molar-refractivity contribution in [2.75, 3.05) is 5.32 Å². The number of nitrogens with one attached hydrogen (secondary N) is 1. The Labute approximate surface area is 108 Å². The molecule has 19 heavy (non-hydrogen) atoms. The summed E-state index contributed by atoms with van der Waals surface area (Å²) in [6.45, 7) is 3.64. The van der Waals surface area contributed by atoms with E-state index in [1.165, 1.54) is 4.57 Å². The first-order chi connectivity index (χ1) is 8.88. The number of anilines is 1. The lowest BCUT2D eigenvalue weighted by Crippen LogP contribution is -2.15. The van der Waals surface area contributed by atoms with Crippen LogP contribution in [0.2, 0.25) is 0 Å². The van der Waals surface area contributed by atoms with Gasteiger partial charge in [-0.1, -0.05) is 6.07 Å². The fraction of sp³-hybridized carbons (Fsp3) is 0.231. The van der Waals surface area contributed by atoms with Crippen LogP contribution in [-0.2, 0) is 10.3 Å². The second-order valence-corrected chi connectivity index (χ2v) is 4.95. The Bertz CT molecular complexity index is 715. The van der Waals surface area contributed by atoms with E-state index in [-0.39, 0.29) is 0 Å². The molecule has 0 saturated heterocycles. The van der Waals surface area contributed by atoms with Gasteiger partial charge < -0.3 is 9.84 Å². The molecule has 98 valence electrons. The highest BCUT2D eigenvalue weighted by Crippen LogP contribution is 2.37. The van der Waals surface area contributed by atoms with Crippen LogP contribution in [0.4, 0.5) is 15.3 Å². The van der Waals surface area contributed by atoms with Gasteiger partial charge in [0.15, 0.2) is 0 Å². The largest absolute Gasteiger partial charge is 0.465 e. The van der Waals surface area contributed by atoms with Crippen LogP contribution < -0.4 is 5.32 Å². The molecule has 0 bridgehead atoms. The first-order valence-corrected chi connectivity index (χ1v) is 5.78. The fourth-order valence-corrected chi connectivity index (χ4v) is 2.36. The van der Waals surface area contributed by atoms with Gasteiger partial charge in [-0.3, -0.25) is 5.32 Å². The van der Waals surface area contributed by atoms with Crippen molar-refractivity contribution in [2.24, 2.45) is 0 Å². The van der Waals surface area contributed by atoms with Gasteiger partial charge >= 0.3 is 12.2 Å². The number of hydrogen-bond acceptors (Lipinski definition) is 3. The van der Waals surface area contributed by atoms with Gasteiger partial charge in [-0.25, -0.2) is 14.2 Å². The zero-order valence-corrected chi connectivity index (χ0v) is 10.4. The van der Waals surface area contributed by atoms with Crippen molar-refractivity contribution in [1.29, 1.82) is 0 Å². The van der Waals surface area contributed by atoms with E-state index < -0.39 is 17.8 Å². The van der Waals surface area contributed by atoms with Crippen LogP contribution in [0, 0.1) is 0 Å². The maximum Gasteiger partial charge on any atom is 0.419 e. The maximum atomic E-state index is 11.9. The lowest BCUT2D eigenvalue weighted by molar-refractivity contribution is 0.0633. The van der Waals surface area contributed by atoms with Crippen LogP contribution in [-0.4, -0.2) is 21.9 Å². The molecule has 0 aliphatic carbocycles. The standard InChI is InChI=1S/C13H12N2O4/c1-13(2)10-5-7-3-4-8(14-11(16)17)6-9(7)15(10)12(18)19-13/h3-6,14H,1-2H3,(H,16,17). The molecule has 6 heteroatoms. The highest BCUT2D eigenvalue weighted by atomic mass is 16.6. The summed E-state index contributed by atoms with van der Waals surface area (Å²) in [5, 5.41) is 11.8. The number of carbonyl (C=O) groups is 2. The number of aromatic nitrogens is 1. The molecule has 2 N–H and O–H groups in total. The topological polar surface area (TPSA) is 80.6 Å². The maximum absolute atomic E-state index is 11.9. The fourth-order valence-electron chi connectivity index (χ4n) is 2.36. The van der Waals surface area contributed by atoms with Gasteiger partial charge in [0.1, 0.15) is 5.60 Å². The lowest BCUT2D eigenvalue weighted by atomic mass is 10.1. The molecule has 1 aliphatic heterocycles. The summed E-state index contributed by atoms with van der Waals surface area (Å²) in [6.07, 6.45) is -1.59. The minimum absolute atomic E-state index is 0.415. The minimum atomic E-state index is -1.14. The number of hydrogen-bond donors (Lipinski definition) is 2. The van der Waals surface area contributed by atoms with E-state index in [1.807, 2.05) is 19.9 Å². The lowest BCUT2D eigenvalue weighted by Gasteiger charge is -2.14. The Kier molecular flexibility index (Phi) is 2.14. The van der Waals surface area contributed by atoms with Gasteiger partial charge in [-0.05, 0) is 32.0 Å². The minimum Gasteiger partial charge on any atom is -0.465 e. The highest BCUT2D eigenvalue weighted by molar-refractivity contribution is 5.96. The number of benzene rings is 1. The Morgan fingerprint density at radius 3 is 2.79 bits per heavy atom. The quantitative estimate of drug-likeness (QED) is 0.826. The van der Waals surface area contributed by atoms with E-state index in [4.69, 9.17) is 9.84 Å². The molecule has 0 spiro atoms. The summed E-state index contributed by atoms with van der Waals surface area (Å²) in [4.78, 5) is 22.5. The van der Waals surface area contributed by atoms with Crippen molar-refractivity contribution in [3.63, 3.8) is 0 Å². The Hall–Kier alpha value is -2.50. The van der Waals surface area contributed by atoms with Crippen molar-refractivity contribution in [1.82, 2.24) is 4.57 Å². The molecule has 6 nitrogen and oxygen atoms in total. The average molecular weight is 260 g/mol. The molecule has 1 aliphatic rings. The van der Waals surface area contributed by atoms with E-state index in [2.05, 4.69) is 5.32 Å². The number of nitrogens with zero attached hydrogens (tertiary/aromatic N) is 1. The van der Waals surface area contributed by atoms with Crippen LogP contribution >= 0.6 is 0 Å². The Morgan fingerprint density at radius 2 is 2.11 bits per heavy atom. The van der Waals surface area contributed by atoms with E-state index in [1.54, 1.807) is 18.2 Å². The van der Waals surface area contributed by atoms with Crippen molar-refractivity contribution >= 4 is 28.8 Å². The van der Waals surface area contributed by atoms with Gasteiger partial charge in [0.2, 0.25) is 0 Å². The molecule has 2 heterocycles. The monoisotopic (exact) mass is 260 g/mol. The molecular weight excluding hydrogens is 248 g/mol. The smallest absolute Gasteiger partial charge is 0.419 e. The molecule has 0 saturated carbocycles. The molecule has 0 radical (unpaired) electrons. The highest BCUT2D eigenvalue weighted by Gasteiger charge is 2.39. The number of fused-ring (bicyclic) bond motifs is 3. The van der Waals surface area contributed by atoms with Crippen molar-refractivity contribution < 1.29 is 19.4 Å². The van der Waals surface area contributed by atoms with Gasteiger partial charge in [-0.2, -0.15) is 0 Å². The number of carboxylic acid groups (broad SMARTS) is 1. The second-order valence-electron chi connectivity index (χ2n) is 4.95. The second kappa shape index (κ2) is 3.50. The zero-order chi connectivity index (χ0) is 13.8. The van der Waals surface area contributed by atoms with Crippen LogP contribution in [0.25, 0.3) is 10.9 Å². The van der Waals surface area contributed by atoms with Crippen LogP contribution in [0.1, 0.15) is 19.5 Å². The van der Waals surface area contributed by atoms with E-state index in [0.29, 0.717) is 11.2 Å². The van der Waals surface area contributed by atoms with Crippen molar-refractivity contribution in [2.45, 2.75) is 19.4 Å². The molecule has 1 aromatic heterocycles. The summed E-state index contributed by atoms with van der Waals surface area (Å²) < 4.78 is 6.75. The molecule has 0 atom stereocenters.